The fourth-order valence-electron chi connectivity index (χ4n) is 2.66. The van der Waals surface area contributed by atoms with Crippen LogP contribution >= 0.6 is 11.3 Å². The van der Waals surface area contributed by atoms with Crippen molar-refractivity contribution < 1.29 is 22.7 Å². The topological polar surface area (TPSA) is 112 Å². The molecule has 0 aliphatic carbocycles. The highest BCUT2D eigenvalue weighted by molar-refractivity contribution is 7.92. The zero-order valence-electron chi connectivity index (χ0n) is 15.5. The van der Waals surface area contributed by atoms with Gasteiger partial charge in [0.1, 0.15) is 0 Å². The number of hydrogen-bond donors (Lipinski definition) is 1. The molecule has 0 saturated carbocycles. The Balaban J connectivity index is 1.66. The van der Waals surface area contributed by atoms with Crippen LogP contribution < -0.4 is 14.5 Å². The molecule has 0 fully saturated rings. The van der Waals surface area contributed by atoms with Gasteiger partial charge in [-0.25, -0.2) is 9.71 Å². The smallest absolute Gasteiger partial charge is 0.373 e. The molecule has 8 nitrogen and oxygen atoms in total. The first-order chi connectivity index (χ1) is 13.8. The Labute approximate surface area is 171 Å². The molecule has 1 N–H and O–H groups in total. The fraction of sp³-hybridized carbons (Fsp3) is 0.105. The van der Waals surface area contributed by atoms with Crippen LogP contribution in [0.4, 0.5) is 5.13 Å². The zero-order valence-corrected chi connectivity index (χ0v) is 17.1. The summed E-state index contributed by atoms with van der Waals surface area (Å²) in [7, 11) is -4.27. The molecule has 0 aliphatic rings. The molecule has 148 valence electrons. The Morgan fingerprint density at radius 2 is 1.66 bits per heavy atom. The number of nitrogens with one attached hydrogen (secondary N) is 1. The van der Waals surface area contributed by atoms with Gasteiger partial charge in [-0.2, -0.15) is 8.42 Å². The van der Waals surface area contributed by atoms with E-state index in [9.17, 15) is 13.5 Å². The third-order valence-electron chi connectivity index (χ3n) is 4.18. The Bertz CT molecular complexity index is 1260. The first-order valence-electron chi connectivity index (χ1n) is 8.55. The van der Waals surface area contributed by atoms with Crippen LogP contribution in [0.25, 0.3) is 16.9 Å². The molecular formula is C19H16N4O4S2. The van der Waals surface area contributed by atoms with Gasteiger partial charge >= 0.3 is 15.0 Å². The molecule has 0 saturated heterocycles. The van der Waals surface area contributed by atoms with Crippen LogP contribution in [0.2, 0.25) is 0 Å². The molecule has 4 rings (SSSR count). The van der Waals surface area contributed by atoms with Crippen molar-refractivity contribution in [1.82, 2.24) is 10.3 Å². The lowest BCUT2D eigenvalue weighted by Gasteiger charge is -2.02. The van der Waals surface area contributed by atoms with Crippen molar-refractivity contribution in [1.29, 1.82) is 0 Å². The Hall–Kier alpha value is -3.24. The summed E-state index contributed by atoms with van der Waals surface area (Å²) in [5.74, 6) is -1.06. The van der Waals surface area contributed by atoms with E-state index in [1.807, 2.05) is 38.1 Å². The van der Waals surface area contributed by atoms with Gasteiger partial charge in [-0.1, -0.05) is 47.5 Å². The SMILES string of the molecule is Cc1ccc(-c2csc(NS(=O)(=O)c3c([O-])on[n+]3-c3ccc(C)cc3)n2)cc1. The van der Waals surface area contributed by atoms with E-state index in [0.29, 0.717) is 11.4 Å². The van der Waals surface area contributed by atoms with E-state index < -0.39 is 21.0 Å². The van der Waals surface area contributed by atoms with Gasteiger partial charge in [-0.15, -0.1) is 11.3 Å². The number of aryl methyl sites for hydroxylation is 2. The fourth-order valence-corrected chi connectivity index (χ4v) is 4.74. The summed E-state index contributed by atoms with van der Waals surface area (Å²) in [6.45, 7) is 3.87. The number of hydrogen-bond acceptors (Lipinski definition) is 7. The zero-order chi connectivity index (χ0) is 20.6. The van der Waals surface area contributed by atoms with Crippen LogP contribution in [-0.4, -0.2) is 18.7 Å². The van der Waals surface area contributed by atoms with E-state index in [0.717, 1.165) is 32.7 Å². The third kappa shape index (κ3) is 3.84. The predicted octanol–water partition coefficient (Wildman–Crippen LogP) is 2.57. The summed E-state index contributed by atoms with van der Waals surface area (Å²) in [6, 6.07) is 14.6. The quantitative estimate of drug-likeness (QED) is 0.489. The van der Waals surface area contributed by atoms with Gasteiger partial charge in [0.25, 0.3) is 0 Å². The molecule has 2 aromatic heterocycles. The standard InChI is InChI=1S/C19H16N4O4S2/c1-12-3-7-14(8-4-12)16-11-28-19(20-16)21-29(25,26)17-18(24)27-22-23(17)15-9-5-13(2)6-10-15/h3-11H,1-2H3,(H-,20,21,22,24). The van der Waals surface area contributed by atoms with Gasteiger partial charge in [-0.3, -0.25) is 0 Å². The maximum absolute atomic E-state index is 12.9. The minimum absolute atomic E-state index is 0.136. The molecule has 0 aliphatic heterocycles. The van der Waals surface area contributed by atoms with Crippen molar-refractivity contribution in [3.63, 3.8) is 0 Å². The molecule has 0 amide bonds. The average Bonchev–Trinajstić information content (AvgIpc) is 3.29. The monoisotopic (exact) mass is 428 g/mol. The lowest BCUT2D eigenvalue weighted by molar-refractivity contribution is -0.706. The average molecular weight is 428 g/mol. The van der Waals surface area contributed by atoms with Crippen LogP contribution in [0.15, 0.2) is 63.5 Å². The van der Waals surface area contributed by atoms with Gasteiger partial charge in [-0.05, 0) is 18.5 Å². The van der Waals surface area contributed by atoms with E-state index in [4.69, 9.17) is 0 Å². The summed E-state index contributed by atoms with van der Waals surface area (Å²) < 4.78 is 33.7. The summed E-state index contributed by atoms with van der Waals surface area (Å²) in [5, 5.41) is 16.9. The summed E-state index contributed by atoms with van der Waals surface area (Å²) >= 11 is 1.12. The lowest BCUT2D eigenvalue weighted by Crippen LogP contribution is -2.40. The lowest BCUT2D eigenvalue weighted by atomic mass is 10.1. The van der Waals surface area contributed by atoms with Crippen LogP contribution in [0.1, 0.15) is 11.1 Å². The second-order valence-corrected chi connectivity index (χ2v) is 8.88. The highest BCUT2D eigenvalue weighted by atomic mass is 32.2. The summed E-state index contributed by atoms with van der Waals surface area (Å²) in [4.78, 5) is 4.31. The van der Waals surface area contributed by atoms with Crippen molar-refractivity contribution in [2.24, 2.45) is 0 Å². The van der Waals surface area contributed by atoms with Crippen LogP contribution in [-0.2, 0) is 10.0 Å². The highest BCUT2D eigenvalue weighted by Crippen LogP contribution is 2.27. The van der Waals surface area contributed by atoms with E-state index in [2.05, 4.69) is 19.5 Å². The predicted molar refractivity (Wildman–Crippen MR) is 105 cm³/mol. The van der Waals surface area contributed by atoms with E-state index in [1.54, 1.807) is 29.6 Å². The van der Waals surface area contributed by atoms with Crippen LogP contribution in [0, 0.1) is 13.8 Å². The van der Waals surface area contributed by atoms with Crippen molar-refractivity contribution in [3.05, 3.63) is 65.0 Å². The molecule has 2 heterocycles. The van der Waals surface area contributed by atoms with Crippen molar-refractivity contribution >= 4 is 26.5 Å². The minimum atomic E-state index is -4.27. The molecule has 0 atom stereocenters. The van der Waals surface area contributed by atoms with Crippen molar-refractivity contribution in [3.8, 4) is 22.9 Å². The summed E-state index contributed by atoms with van der Waals surface area (Å²) in [5.41, 5.74) is 3.98. The molecule has 10 heteroatoms. The Morgan fingerprint density at radius 3 is 2.31 bits per heavy atom. The number of benzene rings is 2. The molecule has 0 bridgehead atoms. The van der Waals surface area contributed by atoms with Gasteiger partial charge in [0.05, 0.1) is 11.0 Å². The number of nitrogens with zero attached hydrogens (tertiary/aromatic N) is 3. The summed E-state index contributed by atoms with van der Waals surface area (Å²) in [6.07, 6.45) is 0. The molecule has 0 spiro atoms. The largest absolute Gasteiger partial charge is 0.538 e. The molecule has 0 radical (unpaired) electrons. The molecule has 0 unspecified atom stereocenters. The number of anilines is 1. The second-order valence-electron chi connectivity index (χ2n) is 6.42. The highest BCUT2D eigenvalue weighted by Gasteiger charge is 2.34. The minimum Gasteiger partial charge on any atom is -0.538 e. The van der Waals surface area contributed by atoms with Gasteiger partial charge in [0.2, 0.25) is 5.69 Å². The molecule has 4 aromatic rings. The molecule has 2 aromatic carbocycles. The number of sulfonamides is 1. The van der Waals surface area contributed by atoms with Gasteiger partial charge in [0.15, 0.2) is 11.1 Å². The number of rotatable bonds is 5. The van der Waals surface area contributed by atoms with E-state index >= 15 is 0 Å². The van der Waals surface area contributed by atoms with E-state index in [-0.39, 0.29) is 5.13 Å². The van der Waals surface area contributed by atoms with Crippen LogP contribution in [0.3, 0.4) is 0 Å². The van der Waals surface area contributed by atoms with E-state index in [1.165, 1.54) is 0 Å². The number of thiazole rings is 1. The molecule has 29 heavy (non-hydrogen) atoms. The van der Waals surface area contributed by atoms with Crippen LogP contribution in [0.5, 0.6) is 5.95 Å². The Kier molecular flexibility index (Phi) is 4.81. The second kappa shape index (κ2) is 7.30. The maximum atomic E-state index is 12.9. The van der Waals surface area contributed by atoms with Crippen molar-refractivity contribution in [2.45, 2.75) is 18.9 Å². The first kappa shape index (κ1) is 19.1. The third-order valence-corrected chi connectivity index (χ3v) is 6.38. The van der Waals surface area contributed by atoms with Crippen molar-refractivity contribution in [2.75, 3.05) is 4.72 Å². The van der Waals surface area contributed by atoms with Gasteiger partial charge < -0.3 is 9.63 Å². The number of aromatic nitrogens is 3. The molecular weight excluding hydrogens is 412 g/mol. The van der Waals surface area contributed by atoms with Gasteiger partial charge in [0, 0.05) is 23.1 Å². The first-order valence-corrected chi connectivity index (χ1v) is 10.9. The maximum Gasteiger partial charge on any atom is 0.373 e. The normalized spacial score (nSPS) is 11.5. The Morgan fingerprint density at radius 1 is 1.03 bits per heavy atom.